The van der Waals surface area contributed by atoms with Gasteiger partial charge in [-0.15, -0.1) is 0 Å². The van der Waals surface area contributed by atoms with E-state index in [1.54, 1.807) is 14.2 Å². The highest BCUT2D eigenvalue weighted by molar-refractivity contribution is 5.20. The summed E-state index contributed by atoms with van der Waals surface area (Å²) in [5.74, 6) is -2.70. The van der Waals surface area contributed by atoms with Gasteiger partial charge in [0, 0.05) is 37.8 Å². The van der Waals surface area contributed by atoms with Crippen molar-refractivity contribution in [1.82, 2.24) is 0 Å². The van der Waals surface area contributed by atoms with Gasteiger partial charge in [-0.2, -0.15) is 0 Å². The molecule has 0 radical (unpaired) electrons. The molecule has 174 valence electrons. The van der Waals surface area contributed by atoms with E-state index in [0.29, 0.717) is 18.8 Å². The molecular formula is C25H41F3O2. The van der Waals surface area contributed by atoms with Gasteiger partial charge in [0.2, 0.25) is 0 Å². The van der Waals surface area contributed by atoms with Crippen LogP contribution in [0.5, 0.6) is 0 Å². The first kappa shape index (κ1) is 27.0. The molecule has 30 heavy (non-hydrogen) atoms. The Labute approximate surface area is 181 Å². The Kier molecular flexibility index (Phi) is 13.3. The monoisotopic (exact) mass is 430 g/mol. The summed E-state index contributed by atoms with van der Waals surface area (Å²) in [5.41, 5.74) is -0.0105. The molecule has 1 atom stereocenters. The van der Waals surface area contributed by atoms with Gasteiger partial charge in [0.05, 0.1) is 0 Å². The van der Waals surface area contributed by atoms with Crippen LogP contribution in [0.4, 0.5) is 13.2 Å². The van der Waals surface area contributed by atoms with Gasteiger partial charge >= 0.3 is 0 Å². The zero-order valence-electron chi connectivity index (χ0n) is 19.4. The van der Waals surface area contributed by atoms with Crippen molar-refractivity contribution < 1.29 is 22.6 Å². The number of rotatable bonds is 17. The summed E-state index contributed by atoms with van der Waals surface area (Å²) in [7, 11) is 3.40. The minimum absolute atomic E-state index is 0.0105. The summed E-state index contributed by atoms with van der Waals surface area (Å²) >= 11 is 0. The number of methoxy groups -OCH3 is 2. The molecule has 0 amide bonds. The third-order valence-electron chi connectivity index (χ3n) is 6.29. The molecule has 0 spiro atoms. The standard InChI is InChI=1S/C25H41F3O2/c1-5-6-7-8-9-12-15-20(25(2,29-3)30-4)16-13-10-11-14-17-22-23(27)18-21(26)19-24(22)28/h18-20H,5-17H2,1-4H3. The molecule has 0 saturated carbocycles. The third kappa shape index (κ3) is 9.38. The summed E-state index contributed by atoms with van der Waals surface area (Å²) in [6.45, 7) is 4.24. The quantitative estimate of drug-likeness (QED) is 0.184. The first-order valence-electron chi connectivity index (χ1n) is 11.6. The lowest BCUT2D eigenvalue weighted by Crippen LogP contribution is -2.39. The van der Waals surface area contributed by atoms with Gasteiger partial charge in [-0.1, -0.05) is 64.7 Å². The van der Waals surface area contributed by atoms with Crippen molar-refractivity contribution in [3.8, 4) is 0 Å². The van der Waals surface area contributed by atoms with Gasteiger partial charge in [0.25, 0.3) is 0 Å². The Bertz CT molecular complexity index is 565. The summed E-state index contributed by atoms with van der Waals surface area (Å²) in [4.78, 5) is 0. The van der Waals surface area contributed by atoms with Crippen LogP contribution in [0, 0.1) is 23.4 Å². The molecule has 2 nitrogen and oxygen atoms in total. The van der Waals surface area contributed by atoms with Crippen LogP contribution in [0.15, 0.2) is 12.1 Å². The third-order valence-corrected chi connectivity index (χ3v) is 6.29. The summed E-state index contributed by atoms with van der Waals surface area (Å²) < 4.78 is 51.8. The van der Waals surface area contributed by atoms with E-state index in [0.717, 1.165) is 44.2 Å². The molecular weight excluding hydrogens is 389 g/mol. The molecule has 5 heteroatoms. The summed E-state index contributed by atoms with van der Waals surface area (Å²) in [5, 5.41) is 0. The van der Waals surface area contributed by atoms with Crippen LogP contribution in [0.25, 0.3) is 0 Å². The zero-order valence-corrected chi connectivity index (χ0v) is 19.4. The highest BCUT2D eigenvalue weighted by Crippen LogP contribution is 2.32. The minimum atomic E-state index is -0.871. The molecule has 0 aromatic heterocycles. The van der Waals surface area contributed by atoms with Gasteiger partial charge < -0.3 is 9.47 Å². The average molecular weight is 431 g/mol. The first-order chi connectivity index (χ1) is 14.4. The van der Waals surface area contributed by atoms with Crippen molar-refractivity contribution in [3.05, 3.63) is 35.1 Å². The van der Waals surface area contributed by atoms with E-state index in [2.05, 4.69) is 6.92 Å². The van der Waals surface area contributed by atoms with E-state index in [1.165, 1.54) is 38.5 Å². The Balaban J connectivity index is 2.38. The van der Waals surface area contributed by atoms with Crippen molar-refractivity contribution >= 4 is 0 Å². The van der Waals surface area contributed by atoms with E-state index in [9.17, 15) is 13.2 Å². The van der Waals surface area contributed by atoms with Gasteiger partial charge in [-0.05, 0) is 32.6 Å². The summed E-state index contributed by atoms with van der Waals surface area (Å²) in [6.07, 6.45) is 13.6. The zero-order chi connectivity index (χ0) is 22.4. The van der Waals surface area contributed by atoms with Gasteiger partial charge in [0.1, 0.15) is 17.5 Å². The van der Waals surface area contributed by atoms with Gasteiger partial charge in [-0.25, -0.2) is 13.2 Å². The highest BCUT2D eigenvalue weighted by Gasteiger charge is 2.33. The molecule has 0 aliphatic rings. The molecule has 0 bridgehead atoms. The Morgan fingerprint density at radius 3 is 1.73 bits per heavy atom. The van der Waals surface area contributed by atoms with E-state index in [-0.39, 0.29) is 5.56 Å². The van der Waals surface area contributed by atoms with Crippen molar-refractivity contribution in [3.63, 3.8) is 0 Å². The fourth-order valence-corrected chi connectivity index (χ4v) is 4.11. The first-order valence-corrected chi connectivity index (χ1v) is 11.6. The van der Waals surface area contributed by atoms with Crippen molar-refractivity contribution in [2.75, 3.05) is 14.2 Å². The minimum Gasteiger partial charge on any atom is -0.353 e. The second-order valence-corrected chi connectivity index (χ2v) is 8.48. The number of unbranched alkanes of at least 4 members (excludes halogenated alkanes) is 8. The van der Waals surface area contributed by atoms with E-state index >= 15 is 0 Å². The average Bonchev–Trinajstić information content (AvgIpc) is 2.72. The molecule has 1 unspecified atom stereocenters. The van der Waals surface area contributed by atoms with Crippen LogP contribution in [0.3, 0.4) is 0 Å². The van der Waals surface area contributed by atoms with Crippen molar-refractivity contribution in [1.29, 1.82) is 0 Å². The molecule has 0 saturated heterocycles. The van der Waals surface area contributed by atoms with E-state index in [4.69, 9.17) is 9.47 Å². The summed E-state index contributed by atoms with van der Waals surface area (Å²) in [6, 6.07) is 1.50. The fraction of sp³-hybridized carbons (Fsp3) is 0.760. The van der Waals surface area contributed by atoms with Crippen LogP contribution in [-0.2, 0) is 15.9 Å². The number of ether oxygens (including phenoxy) is 2. The van der Waals surface area contributed by atoms with E-state index in [1.807, 2.05) is 6.92 Å². The molecule has 0 aliphatic carbocycles. The molecule has 1 aromatic carbocycles. The van der Waals surface area contributed by atoms with Crippen molar-refractivity contribution in [2.24, 2.45) is 5.92 Å². The fourth-order valence-electron chi connectivity index (χ4n) is 4.11. The predicted molar refractivity (Wildman–Crippen MR) is 117 cm³/mol. The normalized spacial score (nSPS) is 13.0. The largest absolute Gasteiger partial charge is 0.353 e. The lowest BCUT2D eigenvalue weighted by Gasteiger charge is -2.35. The van der Waals surface area contributed by atoms with Crippen LogP contribution in [0.1, 0.15) is 96.5 Å². The molecule has 1 rings (SSSR count). The maximum Gasteiger partial charge on any atom is 0.167 e. The highest BCUT2D eigenvalue weighted by atomic mass is 19.1. The number of halogens is 3. The lowest BCUT2D eigenvalue weighted by atomic mass is 9.87. The molecule has 0 aliphatic heterocycles. The second-order valence-electron chi connectivity index (χ2n) is 8.48. The Hall–Kier alpha value is -1.07. The Morgan fingerprint density at radius 2 is 1.23 bits per heavy atom. The van der Waals surface area contributed by atoms with Crippen LogP contribution in [-0.4, -0.2) is 20.0 Å². The van der Waals surface area contributed by atoms with Gasteiger partial charge in [0.15, 0.2) is 5.79 Å². The smallest absolute Gasteiger partial charge is 0.167 e. The molecule has 0 N–H and O–H groups in total. The number of hydrogen-bond acceptors (Lipinski definition) is 2. The van der Waals surface area contributed by atoms with Crippen LogP contribution < -0.4 is 0 Å². The molecule has 0 fully saturated rings. The Morgan fingerprint density at radius 1 is 0.767 bits per heavy atom. The van der Waals surface area contributed by atoms with Crippen LogP contribution >= 0.6 is 0 Å². The molecule has 0 heterocycles. The van der Waals surface area contributed by atoms with Gasteiger partial charge in [-0.3, -0.25) is 0 Å². The second kappa shape index (κ2) is 14.9. The predicted octanol–water partition coefficient (Wildman–Crippen LogP) is 7.97. The number of benzene rings is 1. The number of hydrogen-bond donors (Lipinski definition) is 0. The topological polar surface area (TPSA) is 18.5 Å². The SMILES string of the molecule is CCCCCCCCC(CCCCCCc1c(F)cc(F)cc1F)C(C)(OC)OC. The maximum atomic E-state index is 13.7. The van der Waals surface area contributed by atoms with E-state index < -0.39 is 23.2 Å². The maximum absolute atomic E-state index is 13.7. The van der Waals surface area contributed by atoms with Crippen LogP contribution in [0.2, 0.25) is 0 Å². The van der Waals surface area contributed by atoms with Crippen molar-refractivity contribution in [2.45, 2.75) is 103 Å². The molecule has 1 aromatic rings. The lowest BCUT2D eigenvalue weighted by molar-refractivity contribution is -0.230.